The summed E-state index contributed by atoms with van der Waals surface area (Å²) in [6.07, 6.45) is 6.12. The molecule has 0 aliphatic rings. The number of carbonyl (C=O) groups is 1. The summed E-state index contributed by atoms with van der Waals surface area (Å²) in [5.74, 6) is 6.68. The molecule has 0 bridgehead atoms. The van der Waals surface area contributed by atoms with Gasteiger partial charge in [0.25, 0.3) is 0 Å². The van der Waals surface area contributed by atoms with Crippen molar-refractivity contribution in [2.24, 2.45) is 0 Å². The minimum atomic E-state index is -0.504. The molecular formula is C23H35NO2. The molecular weight excluding hydrogens is 322 g/mol. The summed E-state index contributed by atoms with van der Waals surface area (Å²) in [5.41, 5.74) is 3.82. The topological polar surface area (TPSA) is 29.5 Å². The third kappa shape index (κ3) is 7.12. The van der Waals surface area contributed by atoms with Crippen LogP contribution in [0.3, 0.4) is 0 Å². The average molecular weight is 358 g/mol. The minimum Gasteiger partial charge on any atom is -0.443 e. The number of unbranched alkanes of at least 4 members (excludes halogenated alkanes) is 3. The largest absolute Gasteiger partial charge is 0.443 e. The number of ether oxygens (including phenoxy) is 1. The first-order valence-electron chi connectivity index (χ1n) is 9.78. The summed E-state index contributed by atoms with van der Waals surface area (Å²) in [6, 6.07) is 4.12. The Bertz CT molecular complexity index is 659. The summed E-state index contributed by atoms with van der Waals surface area (Å²) >= 11 is 0. The Kier molecular flexibility index (Phi) is 8.72. The van der Waals surface area contributed by atoms with Crippen LogP contribution >= 0.6 is 0 Å². The van der Waals surface area contributed by atoms with Crippen molar-refractivity contribution < 1.29 is 9.53 Å². The molecule has 0 spiro atoms. The lowest BCUT2D eigenvalue weighted by Gasteiger charge is -2.25. The van der Waals surface area contributed by atoms with E-state index in [0.717, 1.165) is 55.3 Å². The van der Waals surface area contributed by atoms with E-state index in [-0.39, 0.29) is 6.09 Å². The Balaban J connectivity index is 3.16. The first-order valence-corrected chi connectivity index (χ1v) is 9.78. The highest BCUT2D eigenvalue weighted by atomic mass is 16.6. The number of hydrogen-bond donors (Lipinski definition) is 0. The van der Waals surface area contributed by atoms with Crippen molar-refractivity contribution >= 4 is 11.8 Å². The second-order valence-electron chi connectivity index (χ2n) is 7.85. The van der Waals surface area contributed by atoms with Crippen molar-refractivity contribution in [1.82, 2.24) is 0 Å². The van der Waals surface area contributed by atoms with Crippen LogP contribution in [-0.2, 0) is 11.2 Å². The smallest absolute Gasteiger partial charge is 0.414 e. The summed E-state index contributed by atoms with van der Waals surface area (Å²) < 4.78 is 5.50. The van der Waals surface area contributed by atoms with E-state index < -0.39 is 5.60 Å². The second-order valence-corrected chi connectivity index (χ2v) is 7.85. The lowest BCUT2D eigenvalue weighted by atomic mass is 9.96. The van der Waals surface area contributed by atoms with Gasteiger partial charge in [-0.2, -0.15) is 0 Å². The number of amides is 1. The number of aryl methyl sites for hydroxylation is 2. The highest BCUT2D eigenvalue weighted by molar-refractivity contribution is 5.87. The Morgan fingerprint density at radius 2 is 1.81 bits per heavy atom. The van der Waals surface area contributed by atoms with Crippen LogP contribution in [0.2, 0.25) is 0 Å². The number of nitrogens with zero attached hydrogens (tertiary/aromatic N) is 1. The van der Waals surface area contributed by atoms with Gasteiger partial charge in [-0.3, -0.25) is 4.90 Å². The van der Waals surface area contributed by atoms with E-state index in [9.17, 15) is 4.79 Å². The highest BCUT2D eigenvalue weighted by Gasteiger charge is 2.21. The van der Waals surface area contributed by atoms with Gasteiger partial charge in [-0.15, -0.1) is 0 Å². The molecule has 3 nitrogen and oxygen atoms in total. The minimum absolute atomic E-state index is 0.333. The lowest BCUT2D eigenvalue weighted by Crippen LogP contribution is -2.34. The molecule has 1 aromatic rings. The van der Waals surface area contributed by atoms with E-state index in [0.29, 0.717) is 0 Å². The maximum Gasteiger partial charge on any atom is 0.414 e. The van der Waals surface area contributed by atoms with Crippen molar-refractivity contribution in [3.05, 3.63) is 28.8 Å². The molecule has 1 aromatic carbocycles. The van der Waals surface area contributed by atoms with Crippen LogP contribution in [0.15, 0.2) is 12.1 Å². The second kappa shape index (κ2) is 10.3. The first kappa shape index (κ1) is 22.1. The molecule has 0 saturated heterocycles. The third-order valence-electron chi connectivity index (χ3n) is 4.12. The van der Waals surface area contributed by atoms with Crippen LogP contribution in [0.25, 0.3) is 0 Å². The van der Waals surface area contributed by atoms with Gasteiger partial charge >= 0.3 is 6.09 Å². The zero-order valence-electron chi connectivity index (χ0n) is 17.7. The van der Waals surface area contributed by atoms with E-state index in [2.05, 4.69) is 38.7 Å². The molecule has 0 fully saturated rings. The maximum atomic E-state index is 12.4. The first-order chi connectivity index (χ1) is 12.2. The van der Waals surface area contributed by atoms with E-state index in [1.165, 1.54) is 5.56 Å². The maximum absolute atomic E-state index is 12.4. The van der Waals surface area contributed by atoms with Gasteiger partial charge in [0.15, 0.2) is 0 Å². The van der Waals surface area contributed by atoms with Crippen LogP contribution in [0.4, 0.5) is 10.5 Å². The molecule has 0 aliphatic heterocycles. The number of anilines is 1. The Morgan fingerprint density at radius 1 is 1.15 bits per heavy atom. The Hall–Kier alpha value is -1.95. The fourth-order valence-corrected chi connectivity index (χ4v) is 2.63. The van der Waals surface area contributed by atoms with Crippen molar-refractivity contribution in [1.29, 1.82) is 0 Å². The fourth-order valence-electron chi connectivity index (χ4n) is 2.63. The fraction of sp³-hybridized carbons (Fsp3) is 0.609. The predicted octanol–water partition coefficient (Wildman–Crippen LogP) is 6.25. The summed E-state index contributed by atoms with van der Waals surface area (Å²) in [4.78, 5) is 14.0. The predicted molar refractivity (Wildman–Crippen MR) is 111 cm³/mol. The molecule has 1 amide bonds. The van der Waals surface area contributed by atoms with Gasteiger partial charge in [0, 0.05) is 24.7 Å². The molecule has 0 radical (unpaired) electrons. The molecule has 26 heavy (non-hydrogen) atoms. The number of benzene rings is 1. The molecule has 0 unspecified atom stereocenters. The zero-order chi connectivity index (χ0) is 19.7. The van der Waals surface area contributed by atoms with Gasteiger partial charge in [0.1, 0.15) is 5.60 Å². The van der Waals surface area contributed by atoms with Crippen molar-refractivity contribution in [3.8, 4) is 11.8 Å². The molecule has 1 rings (SSSR count). The molecule has 0 atom stereocenters. The average Bonchev–Trinajstić information content (AvgIpc) is 2.55. The van der Waals surface area contributed by atoms with E-state index >= 15 is 0 Å². The van der Waals surface area contributed by atoms with Gasteiger partial charge in [0.2, 0.25) is 0 Å². The van der Waals surface area contributed by atoms with E-state index in [1.54, 1.807) is 11.9 Å². The van der Waals surface area contributed by atoms with Crippen molar-refractivity contribution in [2.75, 3.05) is 11.9 Å². The van der Waals surface area contributed by atoms with Gasteiger partial charge in [-0.25, -0.2) is 4.79 Å². The quantitative estimate of drug-likeness (QED) is 0.445. The summed E-state index contributed by atoms with van der Waals surface area (Å²) in [6.45, 7) is 12.1. The van der Waals surface area contributed by atoms with Crippen LogP contribution in [0.1, 0.15) is 83.4 Å². The molecule has 0 aromatic heterocycles. The highest BCUT2D eigenvalue weighted by Crippen LogP contribution is 2.25. The Labute approximate surface area is 160 Å². The molecule has 0 saturated carbocycles. The van der Waals surface area contributed by atoms with E-state index in [4.69, 9.17) is 4.74 Å². The monoisotopic (exact) mass is 357 g/mol. The van der Waals surface area contributed by atoms with E-state index in [1.807, 2.05) is 26.8 Å². The van der Waals surface area contributed by atoms with Crippen molar-refractivity contribution in [3.63, 3.8) is 0 Å². The van der Waals surface area contributed by atoms with Gasteiger partial charge < -0.3 is 4.74 Å². The van der Waals surface area contributed by atoms with Crippen molar-refractivity contribution in [2.45, 2.75) is 85.7 Å². The van der Waals surface area contributed by atoms with Crippen LogP contribution < -0.4 is 4.90 Å². The zero-order valence-corrected chi connectivity index (χ0v) is 17.7. The van der Waals surface area contributed by atoms with Crippen LogP contribution in [-0.4, -0.2) is 18.7 Å². The lowest BCUT2D eigenvalue weighted by molar-refractivity contribution is 0.0589. The molecule has 144 valence electrons. The third-order valence-corrected chi connectivity index (χ3v) is 4.12. The van der Waals surface area contributed by atoms with Crippen LogP contribution in [0, 0.1) is 18.8 Å². The molecule has 0 N–H and O–H groups in total. The Morgan fingerprint density at radius 3 is 2.38 bits per heavy atom. The van der Waals surface area contributed by atoms with Gasteiger partial charge in [-0.05, 0) is 70.2 Å². The van der Waals surface area contributed by atoms with Gasteiger partial charge in [-0.1, -0.05) is 38.5 Å². The molecule has 3 heteroatoms. The molecule has 0 heterocycles. The van der Waals surface area contributed by atoms with Gasteiger partial charge in [0.05, 0.1) is 0 Å². The summed E-state index contributed by atoms with van der Waals surface area (Å²) in [7, 11) is 1.76. The number of carbonyl (C=O) groups excluding carboxylic acids is 1. The summed E-state index contributed by atoms with van der Waals surface area (Å²) in [5, 5.41) is 0. The number of rotatable bonds is 6. The normalized spacial score (nSPS) is 10.9. The molecule has 0 aliphatic carbocycles. The van der Waals surface area contributed by atoms with Crippen LogP contribution in [0.5, 0.6) is 0 Å². The standard InChI is InChI=1S/C23H35NO2/c1-8-10-12-13-15-21-18(3)16-20(17-19(21)14-11-9-2)24(7)22(25)26-23(4,5)6/h16-17H,8-12,14H2,1-7H3. The SMILES string of the molecule is CCCCC#Cc1c(C)cc(N(C)C(=O)OC(C)(C)C)cc1CCCC. The number of hydrogen-bond acceptors (Lipinski definition) is 2.